The number of carbonyl (C=O) groups is 3. The van der Waals surface area contributed by atoms with E-state index >= 15 is 0 Å². The van der Waals surface area contributed by atoms with Gasteiger partial charge in [-0.1, -0.05) is 28.1 Å². The number of halogens is 1. The van der Waals surface area contributed by atoms with Crippen molar-refractivity contribution in [3.05, 3.63) is 34.9 Å². The van der Waals surface area contributed by atoms with E-state index in [9.17, 15) is 14.4 Å². The molecule has 0 radical (unpaired) electrons. The molecule has 18 heavy (non-hydrogen) atoms. The Morgan fingerprint density at radius 3 is 2.67 bits per heavy atom. The molecule has 0 N–H and O–H groups in total. The highest BCUT2D eigenvalue weighted by molar-refractivity contribution is 9.09. The molecule has 0 saturated heterocycles. The van der Waals surface area contributed by atoms with E-state index in [2.05, 4.69) is 15.9 Å². The molecule has 5 heteroatoms. The lowest BCUT2D eigenvalue weighted by Gasteiger charge is -2.07. The van der Waals surface area contributed by atoms with Gasteiger partial charge in [-0.25, -0.2) is 4.79 Å². The zero-order valence-electron chi connectivity index (χ0n) is 9.94. The first-order valence-electron chi connectivity index (χ1n) is 5.45. The Hall–Kier alpha value is -1.49. The van der Waals surface area contributed by atoms with Gasteiger partial charge < -0.3 is 4.74 Å². The van der Waals surface area contributed by atoms with Gasteiger partial charge in [-0.15, -0.1) is 0 Å². The van der Waals surface area contributed by atoms with Crippen molar-refractivity contribution in [2.75, 3.05) is 11.9 Å². The van der Waals surface area contributed by atoms with Crippen LogP contribution < -0.4 is 0 Å². The first kappa shape index (κ1) is 14.6. The fourth-order valence-corrected chi connectivity index (χ4v) is 1.67. The van der Waals surface area contributed by atoms with Crippen molar-refractivity contribution < 1.29 is 19.1 Å². The third kappa shape index (κ3) is 3.77. The van der Waals surface area contributed by atoms with E-state index in [-0.39, 0.29) is 35.3 Å². The smallest absolute Gasteiger partial charge is 0.338 e. The Kier molecular flexibility index (Phi) is 5.71. The SMILES string of the molecule is CCOC(=O)c1cc(CC(=O)CBr)ccc1C=O. The molecular formula is C13H13BrO4. The molecule has 0 spiro atoms. The zero-order chi connectivity index (χ0) is 13.5. The molecule has 0 bridgehead atoms. The second-order valence-electron chi connectivity index (χ2n) is 3.61. The van der Waals surface area contributed by atoms with E-state index in [0.717, 1.165) is 0 Å². The van der Waals surface area contributed by atoms with E-state index in [1.165, 1.54) is 12.1 Å². The predicted octanol–water partition coefficient (Wildman–Crippen LogP) is 2.18. The van der Waals surface area contributed by atoms with Gasteiger partial charge >= 0.3 is 5.97 Å². The molecule has 0 amide bonds. The monoisotopic (exact) mass is 312 g/mol. The van der Waals surface area contributed by atoms with Gasteiger partial charge in [0.15, 0.2) is 6.29 Å². The number of alkyl halides is 1. The Morgan fingerprint density at radius 2 is 2.11 bits per heavy atom. The fraction of sp³-hybridized carbons (Fsp3) is 0.308. The molecule has 0 heterocycles. The predicted molar refractivity (Wildman–Crippen MR) is 70.3 cm³/mol. The summed E-state index contributed by atoms with van der Waals surface area (Å²) < 4.78 is 4.86. The Labute approximate surface area is 113 Å². The zero-order valence-corrected chi connectivity index (χ0v) is 11.5. The van der Waals surface area contributed by atoms with Crippen molar-refractivity contribution in [1.29, 1.82) is 0 Å². The van der Waals surface area contributed by atoms with Gasteiger partial charge in [-0.3, -0.25) is 9.59 Å². The molecule has 0 saturated carbocycles. The van der Waals surface area contributed by atoms with E-state index in [1.54, 1.807) is 13.0 Å². The molecule has 0 fully saturated rings. The van der Waals surface area contributed by atoms with Gasteiger partial charge in [-0.05, 0) is 18.6 Å². The molecule has 0 aromatic heterocycles. The topological polar surface area (TPSA) is 60.4 Å². The van der Waals surface area contributed by atoms with Crippen LogP contribution in [0.25, 0.3) is 0 Å². The summed E-state index contributed by atoms with van der Waals surface area (Å²) in [7, 11) is 0. The van der Waals surface area contributed by atoms with Crippen LogP contribution >= 0.6 is 15.9 Å². The molecule has 0 aliphatic heterocycles. The number of hydrogen-bond acceptors (Lipinski definition) is 4. The van der Waals surface area contributed by atoms with E-state index in [1.807, 2.05) is 0 Å². The van der Waals surface area contributed by atoms with Crippen LogP contribution in [0.4, 0.5) is 0 Å². The molecule has 0 aliphatic carbocycles. The third-order valence-corrected chi connectivity index (χ3v) is 2.92. The molecule has 1 rings (SSSR count). The Balaban J connectivity index is 3.05. The summed E-state index contributed by atoms with van der Waals surface area (Å²) in [5.74, 6) is -0.545. The second-order valence-corrected chi connectivity index (χ2v) is 4.17. The number of benzene rings is 1. The van der Waals surface area contributed by atoms with E-state index in [4.69, 9.17) is 4.74 Å². The summed E-state index contributed by atoms with van der Waals surface area (Å²) in [4.78, 5) is 33.8. The molecule has 0 atom stereocenters. The van der Waals surface area contributed by atoms with Crippen molar-refractivity contribution in [1.82, 2.24) is 0 Å². The van der Waals surface area contributed by atoms with Gasteiger partial charge in [0.1, 0.15) is 5.78 Å². The number of esters is 1. The largest absolute Gasteiger partial charge is 0.462 e. The molecule has 96 valence electrons. The van der Waals surface area contributed by atoms with Crippen LogP contribution in [0.2, 0.25) is 0 Å². The number of Topliss-reactive ketones (excluding diaryl/α,β-unsaturated/α-hetero) is 1. The number of rotatable bonds is 6. The highest BCUT2D eigenvalue weighted by Crippen LogP contribution is 2.13. The maximum absolute atomic E-state index is 11.7. The second kappa shape index (κ2) is 7.06. The summed E-state index contributed by atoms with van der Waals surface area (Å²) in [6.07, 6.45) is 0.819. The van der Waals surface area contributed by atoms with Crippen molar-refractivity contribution in [3.63, 3.8) is 0 Å². The number of ether oxygens (including phenoxy) is 1. The third-order valence-electron chi connectivity index (χ3n) is 2.29. The van der Waals surface area contributed by atoms with Crippen LogP contribution in [0, 0.1) is 0 Å². The summed E-state index contributed by atoms with van der Waals surface area (Å²) in [6.45, 7) is 1.93. The average Bonchev–Trinajstić information content (AvgIpc) is 2.38. The van der Waals surface area contributed by atoms with Crippen molar-refractivity contribution in [3.8, 4) is 0 Å². The molecular weight excluding hydrogens is 300 g/mol. The lowest BCUT2D eigenvalue weighted by molar-refractivity contribution is -0.115. The number of hydrogen-bond donors (Lipinski definition) is 0. The van der Waals surface area contributed by atoms with E-state index < -0.39 is 5.97 Å². The minimum atomic E-state index is -0.548. The average molecular weight is 313 g/mol. The van der Waals surface area contributed by atoms with Crippen LogP contribution in [0.1, 0.15) is 33.2 Å². The van der Waals surface area contributed by atoms with Gasteiger partial charge in [0.2, 0.25) is 0 Å². The normalized spacial score (nSPS) is 9.89. The number of ketones is 1. The summed E-state index contributed by atoms with van der Waals surface area (Å²) in [5.41, 5.74) is 1.16. The Bertz CT molecular complexity index is 468. The maximum Gasteiger partial charge on any atom is 0.338 e. The van der Waals surface area contributed by atoms with Crippen LogP contribution in [0.3, 0.4) is 0 Å². The molecule has 1 aromatic rings. The lowest BCUT2D eigenvalue weighted by atomic mass is 10.0. The minimum Gasteiger partial charge on any atom is -0.462 e. The number of carbonyl (C=O) groups excluding carboxylic acids is 3. The first-order valence-corrected chi connectivity index (χ1v) is 6.57. The standard InChI is InChI=1S/C13H13BrO4/c1-2-18-13(17)12-6-9(5-11(16)7-14)3-4-10(12)8-15/h3-4,6,8H,2,5,7H2,1H3. The maximum atomic E-state index is 11.7. The summed E-state index contributed by atoms with van der Waals surface area (Å²) in [5, 5.41) is 0.261. The lowest BCUT2D eigenvalue weighted by Crippen LogP contribution is -2.10. The highest BCUT2D eigenvalue weighted by Gasteiger charge is 2.14. The van der Waals surface area contributed by atoms with Gasteiger partial charge in [0, 0.05) is 12.0 Å². The van der Waals surface area contributed by atoms with Crippen molar-refractivity contribution >= 4 is 34.0 Å². The minimum absolute atomic E-state index is 0.00339. The van der Waals surface area contributed by atoms with Crippen molar-refractivity contribution in [2.45, 2.75) is 13.3 Å². The van der Waals surface area contributed by atoms with Gasteiger partial charge in [0.05, 0.1) is 17.5 Å². The van der Waals surface area contributed by atoms with Crippen LogP contribution in [-0.4, -0.2) is 30.0 Å². The van der Waals surface area contributed by atoms with E-state index in [0.29, 0.717) is 11.8 Å². The molecule has 1 aromatic carbocycles. The molecule has 0 aliphatic rings. The summed E-state index contributed by atoms with van der Waals surface area (Å²) >= 11 is 3.08. The Morgan fingerprint density at radius 1 is 1.39 bits per heavy atom. The first-order chi connectivity index (χ1) is 8.62. The van der Waals surface area contributed by atoms with Crippen molar-refractivity contribution in [2.24, 2.45) is 0 Å². The van der Waals surface area contributed by atoms with Gasteiger partial charge in [-0.2, -0.15) is 0 Å². The fourth-order valence-electron chi connectivity index (χ4n) is 1.48. The highest BCUT2D eigenvalue weighted by atomic mass is 79.9. The molecule has 0 unspecified atom stereocenters. The van der Waals surface area contributed by atoms with Gasteiger partial charge in [0.25, 0.3) is 0 Å². The van der Waals surface area contributed by atoms with Crippen LogP contribution in [0.15, 0.2) is 18.2 Å². The van der Waals surface area contributed by atoms with Crippen LogP contribution in [-0.2, 0) is 16.0 Å². The summed E-state index contributed by atoms with van der Waals surface area (Å²) in [6, 6.07) is 4.71. The molecule has 4 nitrogen and oxygen atoms in total. The number of aldehydes is 1. The van der Waals surface area contributed by atoms with Crippen LogP contribution in [0.5, 0.6) is 0 Å². The quantitative estimate of drug-likeness (QED) is 0.459.